The van der Waals surface area contributed by atoms with Crippen LogP contribution in [0.15, 0.2) is 0 Å². The average molecular weight is 833 g/mol. The van der Waals surface area contributed by atoms with Gasteiger partial charge in [0.1, 0.15) is 0 Å². The topological polar surface area (TPSA) is 134 Å². The van der Waals surface area contributed by atoms with Gasteiger partial charge in [-0.3, -0.25) is 40.7 Å². The molecule has 0 aliphatic carbocycles. The quantitative estimate of drug-likeness (QED) is 0.0549. The van der Waals surface area contributed by atoms with Crippen molar-refractivity contribution in [2.24, 2.45) is 5.41 Å². The molecule has 0 aliphatic rings. The second kappa shape index (κ2) is 23.5. The molecule has 12 nitrogen and oxygen atoms in total. The van der Waals surface area contributed by atoms with E-state index in [1.54, 1.807) is 48.5 Å². The van der Waals surface area contributed by atoms with Crippen molar-refractivity contribution in [1.82, 2.24) is 0 Å². The van der Waals surface area contributed by atoms with Crippen LogP contribution in [-0.4, -0.2) is 91.7 Å². The highest BCUT2D eigenvalue weighted by Gasteiger charge is 2.42. The average Bonchev–Trinajstić information content (AvgIpc) is 2.95. The van der Waals surface area contributed by atoms with E-state index in [1.807, 2.05) is 0 Å². The molecule has 0 saturated heterocycles. The van der Waals surface area contributed by atoms with Gasteiger partial charge in [0, 0.05) is 5.41 Å². The lowest BCUT2D eigenvalue weighted by atomic mass is 9.88. The highest BCUT2D eigenvalue weighted by Crippen LogP contribution is 2.56. The van der Waals surface area contributed by atoms with E-state index in [9.17, 15) is 13.7 Å². The van der Waals surface area contributed by atoms with Gasteiger partial charge in [-0.15, -0.1) is 69.6 Å². The van der Waals surface area contributed by atoms with Gasteiger partial charge in [0.25, 0.3) is 0 Å². The van der Waals surface area contributed by atoms with Crippen LogP contribution in [0.25, 0.3) is 0 Å². The molecule has 0 aromatic heterocycles. The van der Waals surface area contributed by atoms with Crippen molar-refractivity contribution < 1.29 is 54.4 Å². The van der Waals surface area contributed by atoms with Crippen molar-refractivity contribution >= 4 is 93.1 Å². The summed E-state index contributed by atoms with van der Waals surface area (Å²) in [7, 11) is -12.8. The molecule has 0 radical (unpaired) electrons. The Hall–Kier alpha value is 2.07. The molecule has 0 saturated carbocycles. The maximum atomic E-state index is 13.6. The number of rotatable bonds is 28. The van der Waals surface area contributed by atoms with E-state index in [4.69, 9.17) is 110 Å². The van der Waals surface area contributed by atoms with Gasteiger partial charge >= 0.3 is 23.5 Å². The fraction of sp³-hybridized carbons (Fsp3) is 1.00. The molecule has 6 atom stereocenters. The van der Waals surface area contributed by atoms with Gasteiger partial charge in [-0.2, -0.15) is 0 Å². The lowest BCUT2D eigenvalue weighted by molar-refractivity contribution is -0.0162. The monoisotopic (exact) mass is 830 g/mol. The van der Waals surface area contributed by atoms with E-state index in [-0.39, 0.29) is 46.1 Å². The molecule has 0 fully saturated rings. The van der Waals surface area contributed by atoms with Crippen LogP contribution >= 0.6 is 93.1 Å². The van der Waals surface area contributed by atoms with Crippen LogP contribution in [0.3, 0.4) is 0 Å². The number of alkyl halides is 6. The molecular formula is C24H47Cl6O12P3. The summed E-state index contributed by atoms with van der Waals surface area (Å²) in [5.41, 5.74) is -1.37. The summed E-state index contributed by atoms with van der Waals surface area (Å²) in [5, 5.41) is -3.23. The van der Waals surface area contributed by atoms with Gasteiger partial charge in [-0.1, -0.05) is 6.92 Å². The van der Waals surface area contributed by atoms with Gasteiger partial charge < -0.3 is 0 Å². The predicted octanol–water partition coefficient (Wildman–Crippen LogP) is 9.62. The fourth-order valence-electron chi connectivity index (χ4n) is 2.58. The summed E-state index contributed by atoms with van der Waals surface area (Å²) in [6, 6.07) is 0. The van der Waals surface area contributed by atoms with Crippen molar-refractivity contribution in [1.29, 1.82) is 0 Å². The summed E-state index contributed by atoms with van der Waals surface area (Å²) >= 11 is 36.0. The lowest BCUT2D eigenvalue weighted by Crippen LogP contribution is -2.36. The van der Waals surface area contributed by atoms with E-state index < -0.39 is 81.0 Å². The van der Waals surface area contributed by atoms with Gasteiger partial charge in [-0.05, 0) is 48.0 Å². The Morgan fingerprint density at radius 1 is 0.422 bits per heavy atom. The zero-order valence-electron chi connectivity index (χ0n) is 26.5. The van der Waals surface area contributed by atoms with Crippen molar-refractivity contribution in [2.75, 3.05) is 59.5 Å². The van der Waals surface area contributed by atoms with E-state index in [2.05, 4.69) is 0 Å². The minimum absolute atomic E-state index is 0.139. The molecule has 45 heavy (non-hydrogen) atoms. The molecule has 0 amide bonds. The second-order valence-electron chi connectivity index (χ2n) is 10.5. The summed E-state index contributed by atoms with van der Waals surface area (Å²) in [6.07, 6.45) is 0.139. The molecule has 21 heteroatoms. The summed E-state index contributed by atoms with van der Waals surface area (Å²) < 4.78 is 90.3. The molecule has 0 rings (SSSR count). The first-order chi connectivity index (χ1) is 20.7. The standard InChI is InChI=1S/C24H47Cl6O12P3/c1-8-24(15-40-43(31,34-9-18(2)25)35-10-19(3)26,16-41-44(32,36-11-20(4)27)37-12-21(5)28)17-42-45(33,38-13-22(6)29)39-14-23(7)30/h18-23H,8-17H2,1-7H3. The molecule has 0 spiro atoms. The molecule has 272 valence electrons. The van der Waals surface area contributed by atoms with Gasteiger partial charge in [0.2, 0.25) is 0 Å². The van der Waals surface area contributed by atoms with E-state index >= 15 is 0 Å². The zero-order valence-corrected chi connectivity index (χ0v) is 33.8. The summed E-state index contributed by atoms with van der Waals surface area (Å²) in [4.78, 5) is 0. The fourth-order valence-corrected chi connectivity index (χ4v) is 7.89. The first kappa shape index (κ1) is 47.1. The minimum atomic E-state index is -4.28. The predicted molar refractivity (Wildman–Crippen MR) is 181 cm³/mol. The third-order valence-corrected chi connectivity index (χ3v) is 9.99. The third kappa shape index (κ3) is 23.2. The molecular weight excluding hydrogens is 786 g/mol. The van der Waals surface area contributed by atoms with Gasteiger partial charge in [0.15, 0.2) is 0 Å². The Labute approximate surface area is 298 Å². The van der Waals surface area contributed by atoms with Crippen LogP contribution in [0.4, 0.5) is 0 Å². The molecule has 0 aromatic rings. The van der Waals surface area contributed by atoms with Crippen molar-refractivity contribution in [2.45, 2.75) is 87.1 Å². The van der Waals surface area contributed by atoms with Crippen LogP contribution < -0.4 is 0 Å². The second-order valence-corrected chi connectivity index (χ2v) is 20.0. The number of hydrogen-bond donors (Lipinski definition) is 0. The van der Waals surface area contributed by atoms with Crippen molar-refractivity contribution in [3.05, 3.63) is 0 Å². The Morgan fingerprint density at radius 2 is 0.600 bits per heavy atom. The van der Waals surface area contributed by atoms with Crippen LogP contribution in [0.1, 0.15) is 54.9 Å². The largest absolute Gasteiger partial charge is 0.474 e. The zero-order chi connectivity index (χ0) is 34.9. The molecule has 0 bridgehead atoms. The maximum Gasteiger partial charge on any atom is 0.474 e. The Morgan fingerprint density at radius 3 is 0.733 bits per heavy atom. The molecule has 6 unspecified atom stereocenters. The summed E-state index contributed by atoms with van der Waals surface area (Å²) in [5.74, 6) is 0. The minimum Gasteiger partial charge on any atom is -0.286 e. The number of halogens is 6. The van der Waals surface area contributed by atoms with E-state index in [0.717, 1.165) is 0 Å². The van der Waals surface area contributed by atoms with Crippen molar-refractivity contribution in [3.63, 3.8) is 0 Å². The van der Waals surface area contributed by atoms with Gasteiger partial charge in [-0.25, -0.2) is 13.7 Å². The maximum absolute atomic E-state index is 13.6. The highest BCUT2D eigenvalue weighted by molar-refractivity contribution is 7.49. The number of phosphoric ester groups is 3. The molecule has 0 N–H and O–H groups in total. The molecule has 0 aromatic carbocycles. The van der Waals surface area contributed by atoms with Crippen LogP contribution in [0.5, 0.6) is 0 Å². The van der Waals surface area contributed by atoms with Gasteiger partial charge in [0.05, 0.1) is 91.7 Å². The van der Waals surface area contributed by atoms with E-state index in [1.165, 1.54) is 0 Å². The number of phosphoric acid groups is 3. The van der Waals surface area contributed by atoms with Crippen molar-refractivity contribution in [3.8, 4) is 0 Å². The van der Waals surface area contributed by atoms with E-state index in [0.29, 0.717) is 0 Å². The highest BCUT2D eigenvalue weighted by atomic mass is 35.5. The SMILES string of the molecule is CCC(COP(=O)(OCC(C)Cl)OCC(C)Cl)(COP(=O)(OCC(C)Cl)OCC(C)Cl)COP(=O)(OCC(C)Cl)OCC(C)Cl. The Bertz CT molecular complexity index is 785. The summed E-state index contributed by atoms with van der Waals surface area (Å²) in [6.45, 7) is 8.91. The van der Waals surface area contributed by atoms with Crippen LogP contribution in [0, 0.1) is 5.41 Å². The Kier molecular flexibility index (Phi) is 24.6. The lowest BCUT2D eigenvalue weighted by Gasteiger charge is -2.34. The van der Waals surface area contributed by atoms with Crippen LogP contribution in [0.2, 0.25) is 0 Å². The first-order valence-electron chi connectivity index (χ1n) is 14.1. The third-order valence-electron chi connectivity index (χ3n) is 5.11. The van der Waals surface area contributed by atoms with Crippen LogP contribution in [-0.2, 0) is 54.4 Å². The molecule has 0 aliphatic heterocycles. The Balaban J connectivity index is 6.42. The normalized spacial score (nSPS) is 21.8. The number of hydrogen-bond acceptors (Lipinski definition) is 12. The first-order valence-corrected chi connectivity index (χ1v) is 21.1. The molecule has 0 heterocycles. The smallest absolute Gasteiger partial charge is 0.286 e.